The Morgan fingerprint density at radius 3 is 1.89 bits per heavy atom. The van der Waals surface area contributed by atoms with Crippen molar-refractivity contribution < 1.29 is 2.74 Å². The molecule has 0 aromatic heterocycles. The summed E-state index contributed by atoms with van der Waals surface area (Å²) in [5, 5.41) is 0. The first-order valence-electron chi connectivity index (χ1n) is 4.71. The predicted molar refractivity (Wildman–Crippen MR) is 40.6 cm³/mol. The quantitative estimate of drug-likeness (QED) is 0.482. The lowest BCUT2D eigenvalue weighted by molar-refractivity contribution is 0.175. The van der Waals surface area contributed by atoms with Crippen LogP contribution in [0.5, 0.6) is 0 Å². The fourth-order valence-corrected chi connectivity index (χ4v) is 1.05. The van der Waals surface area contributed by atoms with Crippen molar-refractivity contribution in [2.45, 2.75) is 39.2 Å². The maximum absolute atomic E-state index is 7.68. The number of nitrogens with zero attached hydrogens (tertiary/aromatic N) is 1. The highest BCUT2D eigenvalue weighted by atomic mass is 15.2. The molecule has 9 heavy (non-hydrogen) atoms. The standard InChI is InChI=1S/C8H17N/c1-8(2,3)9-6-4-5-7-9/h4-7H2,1-3H3/i6D,7D. The molecule has 1 nitrogen and oxygen atoms in total. The van der Waals surface area contributed by atoms with Crippen molar-refractivity contribution >= 4 is 0 Å². The molecule has 1 heterocycles. The fourth-order valence-electron chi connectivity index (χ4n) is 1.05. The molecule has 0 spiro atoms. The highest BCUT2D eigenvalue weighted by Crippen LogP contribution is 2.19. The molecule has 2 atom stereocenters. The highest BCUT2D eigenvalue weighted by Gasteiger charge is 2.23. The molecule has 0 saturated carbocycles. The van der Waals surface area contributed by atoms with Gasteiger partial charge in [0.25, 0.3) is 0 Å². The molecule has 0 aromatic rings. The summed E-state index contributed by atoms with van der Waals surface area (Å²) in [6.07, 6.45) is 1.71. The summed E-state index contributed by atoms with van der Waals surface area (Å²) in [6.45, 7) is 5.90. The van der Waals surface area contributed by atoms with Gasteiger partial charge in [-0.3, -0.25) is 4.90 Å². The average Bonchev–Trinajstić information content (AvgIpc) is 2.08. The molecule has 1 aliphatic heterocycles. The molecule has 1 fully saturated rings. The summed E-state index contributed by atoms with van der Waals surface area (Å²) in [4.78, 5) is 1.97. The van der Waals surface area contributed by atoms with Gasteiger partial charge < -0.3 is 0 Å². The van der Waals surface area contributed by atoms with E-state index in [1.165, 1.54) is 0 Å². The van der Waals surface area contributed by atoms with Crippen molar-refractivity contribution in [3.05, 3.63) is 0 Å². The molecule has 0 amide bonds. The first kappa shape index (κ1) is 4.73. The van der Waals surface area contributed by atoms with Gasteiger partial charge in [-0.25, -0.2) is 0 Å². The molecule has 54 valence electrons. The van der Waals surface area contributed by atoms with Gasteiger partial charge in [-0.05, 0) is 46.7 Å². The molecule has 0 radical (unpaired) electrons. The second kappa shape index (κ2) is 2.30. The first-order chi connectivity index (χ1) is 4.93. The molecular weight excluding hydrogens is 110 g/mol. The van der Waals surface area contributed by atoms with Crippen molar-refractivity contribution in [2.75, 3.05) is 13.0 Å². The van der Waals surface area contributed by atoms with Crippen LogP contribution in [0, 0.1) is 0 Å². The van der Waals surface area contributed by atoms with E-state index in [1.807, 2.05) is 4.90 Å². The lowest BCUT2D eigenvalue weighted by Crippen LogP contribution is -2.38. The van der Waals surface area contributed by atoms with E-state index in [0.717, 1.165) is 12.8 Å². The van der Waals surface area contributed by atoms with Crippen LogP contribution in [-0.4, -0.2) is 23.5 Å². The van der Waals surface area contributed by atoms with Gasteiger partial charge in [0.05, 0.1) is 0 Å². The van der Waals surface area contributed by atoms with Crippen LogP contribution < -0.4 is 0 Å². The highest BCUT2D eigenvalue weighted by molar-refractivity contribution is 4.79. The minimum absolute atomic E-state index is 0.0185. The van der Waals surface area contributed by atoms with Crippen molar-refractivity contribution in [1.29, 1.82) is 0 Å². The van der Waals surface area contributed by atoms with E-state index in [1.54, 1.807) is 0 Å². The second-order valence-electron chi connectivity index (χ2n) is 3.52. The van der Waals surface area contributed by atoms with Gasteiger partial charge in [-0.1, -0.05) is 0 Å². The molecule has 0 aromatic carbocycles. The van der Waals surface area contributed by atoms with E-state index in [2.05, 4.69) is 20.8 Å². The van der Waals surface area contributed by atoms with E-state index in [4.69, 9.17) is 2.74 Å². The lowest BCUT2D eigenvalue weighted by Gasteiger charge is -2.31. The monoisotopic (exact) mass is 129 g/mol. The third kappa shape index (κ3) is 1.68. The zero-order chi connectivity index (χ0) is 8.65. The van der Waals surface area contributed by atoms with Crippen LogP contribution in [0.4, 0.5) is 0 Å². The third-order valence-electron chi connectivity index (χ3n) is 1.59. The normalized spacial score (nSPS) is 42.6. The molecule has 1 saturated heterocycles. The maximum atomic E-state index is 7.68. The fraction of sp³-hybridized carbons (Fsp3) is 1.00. The van der Waals surface area contributed by atoms with Gasteiger partial charge in [-0.15, -0.1) is 0 Å². The van der Waals surface area contributed by atoms with Crippen LogP contribution in [0.1, 0.15) is 36.4 Å². The molecule has 0 aliphatic carbocycles. The summed E-state index contributed by atoms with van der Waals surface area (Å²) < 4.78 is 15.4. The van der Waals surface area contributed by atoms with Gasteiger partial charge in [-0.2, -0.15) is 0 Å². The summed E-state index contributed by atoms with van der Waals surface area (Å²) in [5.74, 6) is 0. The average molecular weight is 129 g/mol. The largest absolute Gasteiger partial charge is 0.298 e. The Morgan fingerprint density at radius 1 is 1.22 bits per heavy atom. The number of rotatable bonds is 0. The SMILES string of the molecule is [2H]C1CCC([2H])N1C(C)(C)C. The number of hydrogen-bond donors (Lipinski definition) is 0. The Labute approximate surface area is 60.9 Å². The van der Waals surface area contributed by atoms with Crippen LogP contribution >= 0.6 is 0 Å². The minimum Gasteiger partial charge on any atom is -0.298 e. The number of likely N-dealkylation sites (tertiary alicyclic amines) is 1. The summed E-state index contributed by atoms with van der Waals surface area (Å²) in [5.41, 5.74) is -0.0185. The van der Waals surface area contributed by atoms with Gasteiger partial charge in [0, 0.05) is 8.28 Å². The van der Waals surface area contributed by atoms with E-state index in [-0.39, 0.29) is 18.6 Å². The van der Waals surface area contributed by atoms with Gasteiger partial charge in [0.15, 0.2) is 0 Å². The Kier molecular flexibility index (Phi) is 1.21. The van der Waals surface area contributed by atoms with E-state index < -0.39 is 0 Å². The number of hydrogen-bond acceptors (Lipinski definition) is 1. The van der Waals surface area contributed by atoms with Crippen molar-refractivity contribution in [1.82, 2.24) is 4.90 Å². The van der Waals surface area contributed by atoms with Crippen LogP contribution in [0.3, 0.4) is 0 Å². The molecule has 0 bridgehead atoms. The minimum atomic E-state index is -0.155. The zero-order valence-corrected chi connectivity index (χ0v) is 6.52. The van der Waals surface area contributed by atoms with Gasteiger partial charge >= 0.3 is 0 Å². The first-order valence-corrected chi connectivity index (χ1v) is 3.56. The Balaban J connectivity index is 2.69. The molecular formula is C8H17N. The Hall–Kier alpha value is -0.0400. The Bertz CT molecular complexity index is 132. The molecule has 1 rings (SSSR count). The Morgan fingerprint density at radius 2 is 1.67 bits per heavy atom. The third-order valence-corrected chi connectivity index (χ3v) is 1.59. The molecule has 1 heteroatoms. The van der Waals surface area contributed by atoms with Crippen LogP contribution in [0.15, 0.2) is 0 Å². The topological polar surface area (TPSA) is 3.24 Å². The van der Waals surface area contributed by atoms with Crippen LogP contribution in [-0.2, 0) is 0 Å². The zero-order valence-electron chi connectivity index (χ0n) is 8.52. The van der Waals surface area contributed by atoms with Crippen LogP contribution in [0.2, 0.25) is 0 Å². The molecule has 1 aliphatic rings. The van der Waals surface area contributed by atoms with Crippen molar-refractivity contribution in [3.63, 3.8) is 0 Å². The predicted octanol–water partition coefficient (Wildman–Crippen LogP) is 1.88. The lowest BCUT2D eigenvalue weighted by atomic mass is 10.1. The smallest absolute Gasteiger partial charge is 0.0431 e. The molecule has 2 unspecified atom stereocenters. The summed E-state index contributed by atoms with van der Waals surface area (Å²) in [7, 11) is 0. The van der Waals surface area contributed by atoms with Crippen molar-refractivity contribution in [2.24, 2.45) is 0 Å². The molecule has 0 N–H and O–H groups in total. The van der Waals surface area contributed by atoms with E-state index in [0.29, 0.717) is 0 Å². The summed E-state index contributed by atoms with van der Waals surface area (Å²) in [6, 6.07) is 0. The van der Waals surface area contributed by atoms with Gasteiger partial charge in [0.2, 0.25) is 0 Å². The van der Waals surface area contributed by atoms with Crippen LogP contribution in [0.25, 0.3) is 0 Å². The van der Waals surface area contributed by atoms with Gasteiger partial charge in [0.1, 0.15) is 0 Å². The van der Waals surface area contributed by atoms with E-state index in [9.17, 15) is 0 Å². The maximum Gasteiger partial charge on any atom is 0.0431 e. The van der Waals surface area contributed by atoms with Crippen molar-refractivity contribution in [3.8, 4) is 0 Å². The van der Waals surface area contributed by atoms with E-state index >= 15 is 0 Å². The second-order valence-corrected chi connectivity index (χ2v) is 3.52. The summed E-state index contributed by atoms with van der Waals surface area (Å²) >= 11 is 0.